The fourth-order valence-corrected chi connectivity index (χ4v) is 2.49. The standard InChI is InChI=1S/C9H20.2C8H18.H2OP/c1-4-5-6-7-8-9(2)3;2*1-4-6-7-8(3)5-2;1-2/h9H,4-8H2,1-3H3;2*8H,4-7H2,1-3H3;2H2/q;;;+1. The highest BCUT2D eigenvalue weighted by Crippen LogP contribution is 2.10. The summed E-state index contributed by atoms with van der Waals surface area (Å²) in [6.07, 6.45) is 18.1. The van der Waals surface area contributed by atoms with Gasteiger partial charge in [0.15, 0.2) is 0 Å². The van der Waals surface area contributed by atoms with E-state index < -0.39 is 0 Å². The minimum atomic E-state index is 0.904. The fourth-order valence-electron chi connectivity index (χ4n) is 2.49. The molecule has 0 spiro atoms. The van der Waals surface area contributed by atoms with Crippen molar-refractivity contribution in [3.63, 3.8) is 0 Å². The van der Waals surface area contributed by atoms with Crippen molar-refractivity contribution in [2.45, 2.75) is 146 Å². The molecule has 0 heterocycles. The van der Waals surface area contributed by atoms with Gasteiger partial charge in [-0.3, -0.25) is 0 Å². The molecule has 0 aliphatic carbocycles. The molecule has 0 radical (unpaired) electrons. The van der Waals surface area contributed by atoms with Crippen LogP contribution >= 0.6 is 9.12 Å². The van der Waals surface area contributed by atoms with Crippen LogP contribution in [0.3, 0.4) is 0 Å². The normalized spacial score (nSPS) is 11.9. The van der Waals surface area contributed by atoms with Gasteiger partial charge in [0.05, 0.1) is 0 Å². The molecule has 1 nitrogen and oxygen atoms in total. The largest absolute Gasteiger partial charge is 0.310 e. The Morgan fingerprint density at radius 2 is 0.889 bits per heavy atom. The Hall–Kier alpha value is 0.100. The van der Waals surface area contributed by atoms with E-state index in [-0.39, 0.29) is 0 Å². The summed E-state index contributed by atoms with van der Waals surface area (Å²) in [5.74, 6) is 2.81. The molecule has 0 saturated heterocycles. The Morgan fingerprint density at radius 3 is 1.15 bits per heavy atom. The lowest BCUT2D eigenvalue weighted by Crippen LogP contribution is -1.89. The molecule has 0 aliphatic rings. The molecule has 0 aromatic heterocycles. The van der Waals surface area contributed by atoms with Gasteiger partial charge in [-0.05, 0) is 17.8 Å². The van der Waals surface area contributed by atoms with Crippen LogP contribution in [0.2, 0.25) is 0 Å². The Kier molecular flexibility index (Phi) is 43.1. The Balaban J connectivity index is -0.000000140. The molecule has 3 unspecified atom stereocenters. The van der Waals surface area contributed by atoms with Crippen molar-refractivity contribution >= 4 is 9.12 Å². The van der Waals surface area contributed by atoms with Crippen molar-refractivity contribution in [3.05, 3.63) is 0 Å². The summed E-state index contributed by atoms with van der Waals surface area (Å²) in [5.41, 5.74) is 0. The molecular formula is C25H58OP+. The minimum Gasteiger partial charge on any atom is -0.0801 e. The van der Waals surface area contributed by atoms with Gasteiger partial charge in [-0.1, -0.05) is 150 Å². The fraction of sp³-hybridized carbons (Fsp3) is 1.00. The maximum Gasteiger partial charge on any atom is 0.310 e. The monoisotopic (exact) mass is 405 g/mol. The third-order valence-electron chi connectivity index (χ3n) is 5.13. The van der Waals surface area contributed by atoms with Crippen molar-refractivity contribution in [2.75, 3.05) is 0 Å². The van der Waals surface area contributed by atoms with Crippen LogP contribution in [-0.4, -0.2) is 0 Å². The summed E-state index contributed by atoms with van der Waals surface area (Å²) in [6.45, 7) is 20.5. The van der Waals surface area contributed by atoms with E-state index in [1.807, 2.05) is 0 Å². The van der Waals surface area contributed by atoms with Gasteiger partial charge in [0, 0.05) is 0 Å². The first kappa shape index (κ1) is 34.6. The lowest BCUT2D eigenvalue weighted by molar-refractivity contribution is 0.492. The third kappa shape index (κ3) is 46.3. The molecule has 168 valence electrons. The molecule has 0 aliphatic heterocycles. The van der Waals surface area contributed by atoms with E-state index >= 15 is 0 Å². The Morgan fingerprint density at radius 1 is 0.519 bits per heavy atom. The topological polar surface area (TPSA) is 17.1 Å². The molecule has 0 rings (SSSR count). The zero-order chi connectivity index (χ0) is 21.9. The second-order valence-corrected chi connectivity index (χ2v) is 8.55. The molecule has 0 aromatic rings. The molecule has 3 atom stereocenters. The number of hydrogen-bond donors (Lipinski definition) is 0. The highest BCUT2D eigenvalue weighted by molar-refractivity contribution is 7.00. The summed E-state index contributed by atoms with van der Waals surface area (Å²) in [4.78, 5) is 0. The molecular weight excluding hydrogens is 347 g/mol. The van der Waals surface area contributed by atoms with E-state index in [0.717, 1.165) is 17.8 Å². The number of hydrogen-bond acceptors (Lipinski definition) is 1. The van der Waals surface area contributed by atoms with Gasteiger partial charge in [-0.2, -0.15) is 0 Å². The van der Waals surface area contributed by atoms with Crippen LogP contribution in [0.25, 0.3) is 0 Å². The van der Waals surface area contributed by atoms with Gasteiger partial charge in [-0.15, -0.1) is 0 Å². The van der Waals surface area contributed by atoms with E-state index in [2.05, 4.69) is 62.3 Å². The van der Waals surface area contributed by atoms with E-state index in [9.17, 15) is 0 Å². The van der Waals surface area contributed by atoms with Crippen LogP contribution in [-0.2, 0) is 4.57 Å². The lowest BCUT2D eigenvalue weighted by Gasteiger charge is -2.04. The van der Waals surface area contributed by atoms with Crippen molar-refractivity contribution in [2.24, 2.45) is 17.8 Å². The van der Waals surface area contributed by atoms with Crippen LogP contribution in [0.5, 0.6) is 0 Å². The third-order valence-corrected chi connectivity index (χ3v) is 5.13. The molecule has 0 aromatic carbocycles. The molecule has 0 bridgehead atoms. The maximum absolute atomic E-state index is 8.17. The molecule has 0 fully saturated rings. The molecule has 27 heavy (non-hydrogen) atoms. The van der Waals surface area contributed by atoms with Gasteiger partial charge < -0.3 is 0 Å². The average Bonchev–Trinajstić information content (AvgIpc) is 2.69. The first-order chi connectivity index (χ1) is 12.9. The lowest BCUT2D eigenvalue weighted by atomic mass is 10.0. The second kappa shape index (κ2) is 33.7. The average molecular weight is 406 g/mol. The highest BCUT2D eigenvalue weighted by atomic mass is 31.0. The van der Waals surface area contributed by atoms with E-state index in [0.29, 0.717) is 0 Å². The van der Waals surface area contributed by atoms with Crippen molar-refractivity contribution in [1.29, 1.82) is 0 Å². The summed E-state index contributed by atoms with van der Waals surface area (Å²) < 4.78 is 8.17. The van der Waals surface area contributed by atoms with Gasteiger partial charge in [0.1, 0.15) is 0 Å². The van der Waals surface area contributed by atoms with Gasteiger partial charge in [0.25, 0.3) is 0 Å². The van der Waals surface area contributed by atoms with Gasteiger partial charge in [0.2, 0.25) is 0 Å². The van der Waals surface area contributed by atoms with E-state index in [4.69, 9.17) is 4.57 Å². The first-order valence-electron chi connectivity index (χ1n) is 12.1. The first-order valence-corrected chi connectivity index (χ1v) is 12.6. The predicted molar refractivity (Wildman–Crippen MR) is 132 cm³/mol. The van der Waals surface area contributed by atoms with Crippen molar-refractivity contribution in [1.82, 2.24) is 0 Å². The summed E-state index contributed by atoms with van der Waals surface area (Å²) in [6, 6.07) is 0. The molecule has 0 saturated carbocycles. The van der Waals surface area contributed by atoms with Gasteiger partial charge in [-0.25, -0.2) is 0 Å². The maximum atomic E-state index is 8.17. The SMILES string of the molecule is CCCCC(C)CC.CCCCC(C)CC.CCCCCCC(C)C.O=[PH2+]. The second-order valence-electron chi connectivity index (χ2n) is 8.55. The zero-order valence-corrected chi connectivity index (χ0v) is 22.1. The highest BCUT2D eigenvalue weighted by Gasteiger charge is 1.95. The summed E-state index contributed by atoms with van der Waals surface area (Å²) in [7, 11) is 1.17. The van der Waals surface area contributed by atoms with Crippen molar-refractivity contribution < 1.29 is 4.57 Å². The minimum absolute atomic E-state index is 0.904. The van der Waals surface area contributed by atoms with Crippen LogP contribution in [0, 0.1) is 17.8 Å². The zero-order valence-electron chi connectivity index (χ0n) is 20.9. The van der Waals surface area contributed by atoms with E-state index in [1.54, 1.807) is 0 Å². The predicted octanol–water partition coefficient (Wildman–Crippen LogP) is 10.3. The van der Waals surface area contributed by atoms with Crippen LogP contribution in [0.1, 0.15) is 146 Å². The number of rotatable bonds is 13. The van der Waals surface area contributed by atoms with Crippen LogP contribution in [0.4, 0.5) is 0 Å². The van der Waals surface area contributed by atoms with Crippen molar-refractivity contribution in [3.8, 4) is 0 Å². The van der Waals surface area contributed by atoms with E-state index in [1.165, 1.54) is 92.6 Å². The van der Waals surface area contributed by atoms with Crippen LogP contribution < -0.4 is 0 Å². The van der Waals surface area contributed by atoms with Gasteiger partial charge >= 0.3 is 9.12 Å². The molecule has 0 N–H and O–H groups in total. The summed E-state index contributed by atoms with van der Waals surface area (Å²) in [5, 5.41) is 0. The smallest absolute Gasteiger partial charge is 0.0801 e. The molecule has 2 heteroatoms. The quantitative estimate of drug-likeness (QED) is 0.220. The summed E-state index contributed by atoms with van der Waals surface area (Å²) >= 11 is 0. The number of unbranched alkanes of at least 4 members (excludes halogenated alkanes) is 5. The molecule has 0 amide bonds. The van der Waals surface area contributed by atoms with Crippen LogP contribution in [0.15, 0.2) is 0 Å². The Labute approximate surface area is 177 Å². The Bertz CT molecular complexity index is 204.